The van der Waals surface area contributed by atoms with Gasteiger partial charge in [0.1, 0.15) is 11.4 Å². The molecule has 1 amide bonds. The number of aryl methyl sites for hydroxylation is 1. The minimum absolute atomic E-state index is 0.0779. The van der Waals surface area contributed by atoms with E-state index in [2.05, 4.69) is 9.84 Å². The number of carbonyl (C=O) groups excluding carboxylic acids is 1. The van der Waals surface area contributed by atoms with Gasteiger partial charge in [-0.3, -0.25) is 9.48 Å². The summed E-state index contributed by atoms with van der Waals surface area (Å²) in [5.74, 6) is -1.58. The van der Waals surface area contributed by atoms with Gasteiger partial charge in [0.15, 0.2) is 5.83 Å². The number of halogens is 4. The molecule has 3 aromatic rings. The molecule has 5 nitrogen and oxygen atoms in total. The monoisotopic (exact) mass is 419 g/mol. The van der Waals surface area contributed by atoms with Crippen LogP contribution in [0, 0.1) is 6.92 Å². The van der Waals surface area contributed by atoms with Crippen molar-refractivity contribution in [2.45, 2.75) is 19.8 Å². The molecule has 9 heteroatoms. The smallest absolute Gasteiger partial charge is 0.406 e. The van der Waals surface area contributed by atoms with Crippen LogP contribution in [0.3, 0.4) is 0 Å². The molecule has 1 heterocycles. The molecule has 0 radical (unpaired) electrons. The van der Waals surface area contributed by atoms with E-state index in [0.29, 0.717) is 23.4 Å². The largest absolute Gasteiger partial charge is 0.573 e. The van der Waals surface area contributed by atoms with Gasteiger partial charge in [-0.25, -0.2) is 4.39 Å². The number of carbonyl (C=O) groups is 1. The third kappa shape index (κ3) is 5.47. The molecule has 0 atom stereocenters. The normalized spacial score (nSPS) is 12.1. The molecule has 0 saturated heterocycles. The molecule has 0 unspecified atom stereocenters. The van der Waals surface area contributed by atoms with Crippen molar-refractivity contribution in [1.82, 2.24) is 9.78 Å². The zero-order valence-corrected chi connectivity index (χ0v) is 15.8. The third-order valence-electron chi connectivity index (χ3n) is 4.18. The first-order valence-corrected chi connectivity index (χ1v) is 8.77. The molecular weight excluding hydrogens is 402 g/mol. The third-order valence-corrected chi connectivity index (χ3v) is 4.18. The van der Waals surface area contributed by atoms with Crippen LogP contribution >= 0.6 is 0 Å². The second-order valence-corrected chi connectivity index (χ2v) is 6.50. The Kier molecular flexibility index (Phi) is 5.91. The predicted octanol–water partition coefficient (Wildman–Crippen LogP) is 4.70. The average molecular weight is 419 g/mol. The summed E-state index contributed by atoms with van der Waals surface area (Å²) in [6, 6.07) is 13.1. The zero-order chi connectivity index (χ0) is 21.9. The zero-order valence-electron chi connectivity index (χ0n) is 15.8. The molecule has 156 valence electrons. The summed E-state index contributed by atoms with van der Waals surface area (Å²) in [7, 11) is 0. The Bertz CT molecular complexity index is 1090. The van der Waals surface area contributed by atoms with Crippen LogP contribution in [0.1, 0.15) is 32.9 Å². The van der Waals surface area contributed by atoms with Gasteiger partial charge in [0, 0.05) is 11.3 Å². The van der Waals surface area contributed by atoms with E-state index in [-0.39, 0.29) is 5.69 Å². The van der Waals surface area contributed by atoms with Crippen LogP contribution in [0.4, 0.5) is 17.6 Å². The molecule has 30 heavy (non-hydrogen) atoms. The van der Waals surface area contributed by atoms with Crippen molar-refractivity contribution >= 4 is 17.8 Å². The number of aromatic nitrogens is 2. The number of alkyl halides is 3. The summed E-state index contributed by atoms with van der Waals surface area (Å²) in [5.41, 5.74) is 7.53. The number of rotatable bonds is 6. The number of nitrogens with two attached hydrogens (primary N) is 1. The standard InChI is InChI=1S/C21H17F4N3O2/c1-13-9-19(27-28(13)12-15-3-2-4-16(10-15)20(26)29)18(22)11-14-5-7-17(8-6-14)30-21(23,24)25/h2-11H,12H2,1H3,(H2,26,29). The SMILES string of the molecule is Cc1cc(C(F)=Cc2ccc(OC(F)(F)F)cc2)nn1Cc1cccc(C(N)=O)c1. The van der Waals surface area contributed by atoms with E-state index in [4.69, 9.17) is 5.73 Å². The lowest BCUT2D eigenvalue weighted by atomic mass is 10.1. The van der Waals surface area contributed by atoms with Gasteiger partial charge in [0.2, 0.25) is 5.91 Å². The van der Waals surface area contributed by atoms with Crippen molar-refractivity contribution < 1.29 is 27.1 Å². The number of ether oxygens (including phenoxy) is 1. The average Bonchev–Trinajstić information content (AvgIpc) is 3.03. The number of amides is 1. The Balaban J connectivity index is 1.77. The van der Waals surface area contributed by atoms with E-state index in [1.54, 1.807) is 41.9 Å². The molecule has 0 bridgehead atoms. The minimum atomic E-state index is -4.79. The summed E-state index contributed by atoms with van der Waals surface area (Å²) in [4.78, 5) is 11.3. The first kappa shape index (κ1) is 21.1. The maximum Gasteiger partial charge on any atom is 0.573 e. The highest BCUT2D eigenvalue weighted by atomic mass is 19.4. The second-order valence-electron chi connectivity index (χ2n) is 6.50. The van der Waals surface area contributed by atoms with Crippen molar-refractivity contribution in [2.75, 3.05) is 0 Å². The summed E-state index contributed by atoms with van der Waals surface area (Å²) in [5, 5.41) is 4.23. The molecule has 2 aromatic carbocycles. The Labute approximate surface area is 169 Å². The van der Waals surface area contributed by atoms with E-state index >= 15 is 0 Å². The molecule has 0 aliphatic carbocycles. The lowest BCUT2D eigenvalue weighted by Crippen LogP contribution is -2.16. The van der Waals surface area contributed by atoms with Gasteiger partial charge in [0.05, 0.1) is 6.54 Å². The van der Waals surface area contributed by atoms with Gasteiger partial charge in [-0.05, 0) is 54.5 Å². The van der Waals surface area contributed by atoms with Gasteiger partial charge in [-0.15, -0.1) is 13.2 Å². The molecule has 1 aromatic heterocycles. The summed E-state index contributed by atoms with van der Waals surface area (Å²) in [6.07, 6.45) is -3.62. The van der Waals surface area contributed by atoms with E-state index in [0.717, 1.165) is 23.8 Å². The quantitative estimate of drug-likeness (QED) is 0.589. The number of hydrogen-bond acceptors (Lipinski definition) is 3. The molecule has 0 fully saturated rings. The maximum atomic E-state index is 14.6. The molecule has 0 saturated carbocycles. The van der Waals surface area contributed by atoms with Crippen LogP contribution in [0.2, 0.25) is 0 Å². The number of hydrogen-bond donors (Lipinski definition) is 1. The minimum Gasteiger partial charge on any atom is -0.406 e. The molecule has 0 aliphatic heterocycles. The van der Waals surface area contributed by atoms with Crippen LogP contribution in [-0.4, -0.2) is 22.1 Å². The van der Waals surface area contributed by atoms with Gasteiger partial charge >= 0.3 is 6.36 Å². The van der Waals surface area contributed by atoms with Gasteiger partial charge in [-0.2, -0.15) is 5.10 Å². The van der Waals surface area contributed by atoms with Gasteiger partial charge < -0.3 is 10.5 Å². The fourth-order valence-corrected chi connectivity index (χ4v) is 2.77. The molecule has 0 aliphatic rings. The van der Waals surface area contributed by atoms with Crippen molar-refractivity contribution in [3.8, 4) is 5.75 Å². The highest BCUT2D eigenvalue weighted by Gasteiger charge is 2.30. The number of primary amides is 1. The first-order valence-electron chi connectivity index (χ1n) is 8.77. The van der Waals surface area contributed by atoms with Crippen molar-refractivity contribution in [1.29, 1.82) is 0 Å². The van der Waals surface area contributed by atoms with Crippen molar-refractivity contribution in [3.05, 3.63) is 82.7 Å². The van der Waals surface area contributed by atoms with Crippen molar-refractivity contribution in [2.24, 2.45) is 5.73 Å². The predicted molar refractivity (Wildman–Crippen MR) is 103 cm³/mol. The fraction of sp³-hybridized carbons (Fsp3) is 0.143. The summed E-state index contributed by atoms with van der Waals surface area (Å²) >= 11 is 0. The van der Waals surface area contributed by atoms with Gasteiger partial charge in [0.25, 0.3) is 0 Å². The number of nitrogens with zero attached hydrogens (tertiary/aromatic N) is 2. The Morgan fingerprint density at radius 2 is 1.87 bits per heavy atom. The Morgan fingerprint density at radius 1 is 1.17 bits per heavy atom. The van der Waals surface area contributed by atoms with E-state index in [1.165, 1.54) is 12.1 Å². The highest BCUT2D eigenvalue weighted by Crippen LogP contribution is 2.25. The van der Waals surface area contributed by atoms with Crippen LogP contribution in [-0.2, 0) is 6.54 Å². The fourth-order valence-electron chi connectivity index (χ4n) is 2.77. The second kappa shape index (κ2) is 8.40. The van der Waals surface area contributed by atoms with E-state index in [9.17, 15) is 22.4 Å². The molecular formula is C21H17F4N3O2. The lowest BCUT2D eigenvalue weighted by molar-refractivity contribution is -0.274. The first-order chi connectivity index (χ1) is 14.1. The topological polar surface area (TPSA) is 70.1 Å². The van der Waals surface area contributed by atoms with Crippen LogP contribution in [0.25, 0.3) is 11.9 Å². The van der Waals surface area contributed by atoms with Gasteiger partial charge in [-0.1, -0.05) is 24.3 Å². The van der Waals surface area contributed by atoms with Crippen LogP contribution in [0.5, 0.6) is 5.75 Å². The van der Waals surface area contributed by atoms with Crippen LogP contribution in [0.15, 0.2) is 54.6 Å². The molecule has 2 N–H and O–H groups in total. The summed E-state index contributed by atoms with van der Waals surface area (Å²) < 4.78 is 56.6. The maximum absolute atomic E-state index is 14.6. The Hall–Kier alpha value is -3.62. The molecule has 0 spiro atoms. The van der Waals surface area contributed by atoms with E-state index < -0.39 is 23.8 Å². The van der Waals surface area contributed by atoms with E-state index in [1.807, 2.05) is 0 Å². The summed E-state index contributed by atoms with van der Waals surface area (Å²) in [6.45, 7) is 2.06. The Morgan fingerprint density at radius 3 is 2.50 bits per heavy atom. The van der Waals surface area contributed by atoms with Crippen LogP contribution < -0.4 is 10.5 Å². The molecule has 3 rings (SSSR count). The lowest BCUT2D eigenvalue weighted by Gasteiger charge is -2.08. The number of benzene rings is 2. The highest BCUT2D eigenvalue weighted by molar-refractivity contribution is 5.92. The van der Waals surface area contributed by atoms with Crippen molar-refractivity contribution in [3.63, 3.8) is 0 Å².